The van der Waals surface area contributed by atoms with E-state index in [9.17, 15) is 19.5 Å². The lowest BCUT2D eigenvalue weighted by Gasteiger charge is -2.18. The Labute approximate surface area is 283 Å². The van der Waals surface area contributed by atoms with Crippen LogP contribution in [0.2, 0.25) is 0 Å². The van der Waals surface area contributed by atoms with E-state index in [4.69, 9.17) is 10.5 Å². The standard InChI is InChI=1S/C39H72N2O5/c1-3-5-7-9-11-12-13-14-15-16-18-20-24-29-35(46-38(43)33-27-23-17-10-8-6-4-2)30-25-21-19-22-26-32-37(42)41-36(39(44)45)31-28-34-40/h13-14,16,18,35-36H,3-12,15,17,19-34,40H2,1-2H3,(H,41,42)(H,44,45)/b14-13-,18-16-. The molecule has 0 aromatic rings. The fourth-order valence-corrected chi connectivity index (χ4v) is 5.60. The minimum Gasteiger partial charge on any atom is -0.480 e. The van der Waals surface area contributed by atoms with Crippen LogP contribution in [-0.2, 0) is 19.1 Å². The molecule has 0 aromatic carbocycles. The Balaban J connectivity index is 4.38. The lowest BCUT2D eigenvalue weighted by molar-refractivity contribution is -0.150. The second kappa shape index (κ2) is 34.2. The number of carbonyl (C=O) groups is 3. The first-order chi connectivity index (χ1) is 22.4. The minimum atomic E-state index is -1.01. The number of aliphatic carboxylic acids is 1. The number of rotatable bonds is 34. The van der Waals surface area contributed by atoms with Crippen molar-refractivity contribution in [1.29, 1.82) is 0 Å². The average Bonchev–Trinajstić information content (AvgIpc) is 3.03. The van der Waals surface area contributed by atoms with Crippen LogP contribution >= 0.6 is 0 Å². The number of unbranched alkanes of at least 4 members (excludes halogenated alkanes) is 16. The van der Waals surface area contributed by atoms with Crippen LogP contribution in [0, 0.1) is 0 Å². The fraction of sp³-hybridized carbons (Fsp3) is 0.821. The third-order valence-corrected chi connectivity index (χ3v) is 8.52. The quantitative estimate of drug-likeness (QED) is 0.0363. The number of carboxylic acids is 1. The van der Waals surface area contributed by atoms with Gasteiger partial charge in [0.2, 0.25) is 5.91 Å². The molecule has 0 saturated carbocycles. The van der Waals surface area contributed by atoms with Gasteiger partial charge in [0.15, 0.2) is 0 Å². The highest BCUT2D eigenvalue weighted by molar-refractivity contribution is 5.83. The molecule has 0 fully saturated rings. The largest absolute Gasteiger partial charge is 0.480 e. The third kappa shape index (κ3) is 30.5. The van der Waals surface area contributed by atoms with E-state index in [-0.39, 0.29) is 18.0 Å². The minimum absolute atomic E-state index is 0.0229. The summed E-state index contributed by atoms with van der Waals surface area (Å²) < 4.78 is 5.96. The molecule has 0 bridgehead atoms. The molecule has 0 radical (unpaired) electrons. The highest BCUT2D eigenvalue weighted by Crippen LogP contribution is 2.17. The summed E-state index contributed by atoms with van der Waals surface area (Å²) in [6, 6.07) is -0.858. The molecule has 0 aliphatic heterocycles. The molecule has 4 N–H and O–H groups in total. The fourth-order valence-electron chi connectivity index (χ4n) is 5.60. The number of hydrogen-bond donors (Lipinski definition) is 3. The van der Waals surface area contributed by atoms with Crippen LogP contribution in [0.3, 0.4) is 0 Å². The van der Waals surface area contributed by atoms with Crippen LogP contribution in [0.15, 0.2) is 24.3 Å². The third-order valence-electron chi connectivity index (χ3n) is 8.52. The molecule has 0 saturated heterocycles. The SMILES string of the molecule is CCCCCCC/C=C\C/C=C\CCCC(CCCCCCCC(=O)NC(CCCN)C(=O)O)OC(=O)CCCCCCCCC. The van der Waals surface area contributed by atoms with E-state index in [0.717, 1.165) is 77.0 Å². The van der Waals surface area contributed by atoms with Crippen molar-refractivity contribution in [2.75, 3.05) is 6.54 Å². The lowest BCUT2D eigenvalue weighted by Crippen LogP contribution is -2.40. The topological polar surface area (TPSA) is 119 Å². The summed E-state index contributed by atoms with van der Waals surface area (Å²) in [4.78, 5) is 36.1. The van der Waals surface area contributed by atoms with Gasteiger partial charge >= 0.3 is 11.9 Å². The number of nitrogens with one attached hydrogen (secondary N) is 1. The molecule has 1 amide bonds. The van der Waals surface area contributed by atoms with E-state index in [2.05, 4.69) is 43.5 Å². The van der Waals surface area contributed by atoms with Crippen molar-refractivity contribution >= 4 is 17.8 Å². The molecule has 46 heavy (non-hydrogen) atoms. The van der Waals surface area contributed by atoms with Crippen LogP contribution in [-0.4, -0.2) is 41.6 Å². The smallest absolute Gasteiger partial charge is 0.326 e. The Morgan fingerprint density at radius 2 is 1.15 bits per heavy atom. The normalized spacial score (nSPS) is 12.9. The van der Waals surface area contributed by atoms with E-state index in [1.165, 1.54) is 70.6 Å². The van der Waals surface area contributed by atoms with Crippen LogP contribution in [0.25, 0.3) is 0 Å². The van der Waals surface area contributed by atoms with Gasteiger partial charge < -0.3 is 20.9 Å². The lowest BCUT2D eigenvalue weighted by atomic mass is 10.0. The van der Waals surface area contributed by atoms with Crippen LogP contribution in [0.4, 0.5) is 0 Å². The Morgan fingerprint density at radius 3 is 1.76 bits per heavy atom. The highest BCUT2D eigenvalue weighted by Gasteiger charge is 2.19. The number of hydrogen-bond acceptors (Lipinski definition) is 5. The zero-order chi connectivity index (χ0) is 33.9. The van der Waals surface area contributed by atoms with E-state index < -0.39 is 12.0 Å². The van der Waals surface area contributed by atoms with Crippen molar-refractivity contribution in [1.82, 2.24) is 5.32 Å². The van der Waals surface area contributed by atoms with Gasteiger partial charge in [0.1, 0.15) is 12.1 Å². The number of nitrogens with two attached hydrogens (primary N) is 1. The zero-order valence-electron chi connectivity index (χ0n) is 29.9. The van der Waals surface area contributed by atoms with Gasteiger partial charge in [0.25, 0.3) is 0 Å². The van der Waals surface area contributed by atoms with Crippen molar-refractivity contribution in [2.45, 2.75) is 199 Å². The molecular weight excluding hydrogens is 576 g/mol. The number of amides is 1. The molecule has 7 nitrogen and oxygen atoms in total. The maximum absolute atomic E-state index is 12.6. The maximum atomic E-state index is 12.6. The molecule has 268 valence electrons. The number of carboxylic acid groups (broad SMARTS) is 1. The number of allylic oxidation sites excluding steroid dienone is 4. The van der Waals surface area contributed by atoms with E-state index in [1.807, 2.05) is 0 Å². The van der Waals surface area contributed by atoms with Gasteiger partial charge in [-0.05, 0) is 83.6 Å². The van der Waals surface area contributed by atoms with Gasteiger partial charge in [0, 0.05) is 12.8 Å². The molecule has 0 heterocycles. The molecule has 2 unspecified atom stereocenters. The van der Waals surface area contributed by atoms with Crippen molar-refractivity contribution < 1.29 is 24.2 Å². The Hall–Kier alpha value is -2.15. The second-order valence-electron chi connectivity index (χ2n) is 13.0. The first-order valence-electron chi connectivity index (χ1n) is 19.2. The van der Waals surface area contributed by atoms with Crippen molar-refractivity contribution in [2.24, 2.45) is 5.73 Å². The molecule has 2 atom stereocenters. The first kappa shape index (κ1) is 43.9. The Morgan fingerprint density at radius 1 is 0.630 bits per heavy atom. The van der Waals surface area contributed by atoms with Crippen molar-refractivity contribution in [3.05, 3.63) is 24.3 Å². The summed E-state index contributed by atoms with van der Waals surface area (Å²) in [6.07, 6.45) is 36.5. The van der Waals surface area contributed by atoms with Crippen LogP contribution < -0.4 is 11.1 Å². The maximum Gasteiger partial charge on any atom is 0.326 e. The van der Waals surface area contributed by atoms with E-state index >= 15 is 0 Å². The van der Waals surface area contributed by atoms with E-state index in [0.29, 0.717) is 32.2 Å². The van der Waals surface area contributed by atoms with Gasteiger partial charge in [-0.25, -0.2) is 4.79 Å². The number of esters is 1. The van der Waals surface area contributed by atoms with Crippen LogP contribution in [0.5, 0.6) is 0 Å². The molecule has 0 aliphatic rings. The molecule has 0 aliphatic carbocycles. The van der Waals surface area contributed by atoms with Gasteiger partial charge in [-0.15, -0.1) is 0 Å². The second-order valence-corrected chi connectivity index (χ2v) is 13.0. The molecular formula is C39H72N2O5. The summed E-state index contributed by atoms with van der Waals surface area (Å²) in [5.74, 6) is -1.27. The van der Waals surface area contributed by atoms with E-state index in [1.54, 1.807) is 0 Å². The summed E-state index contributed by atoms with van der Waals surface area (Å²) in [5, 5.41) is 11.9. The zero-order valence-corrected chi connectivity index (χ0v) is 29.9. The van der Waals surface area contributed by atoms with Gasteiger partial charge in [-0.3, -0.25) is 9.59 Å². The molecule has 0 aromatic heterocycles. The van der Waals surface area contributed by atoms with Crippen molar-refractivity contribution in [3.63, 3.8) is 0 Å². The summed E-state index contributed by atoms with van der Waals surface area (Å²) >= 11 is 0. The van der Waals surface area contributed by atoms with Crippen molar-refractivity contribution in [3.8, 4) is 0 Å². The summed E-state index contributed by atoms with van der Waals surface area (Å²) in [7, 11) is 0. The number of ether oxygens (including phenoxy) is 1. The van der Waals surface area contributed by atoms with Gasteiger partial charge in [-0.2, -0.15) is 0 Å². The van der Waals surface area contributed by atoms with Crippen LogP contribution in [0.1, 0.15) is 187 Å². The molecule has 0 spiro atoms. The predicted octanol–water partition coefficient (Wildman–Crippen LogP) is 10.1. The number of carbonyl (C=O) groups excluding carboxylic acids is 2. The monoisotopic (exact) mass is 649 g/mol. The Bertz CT molecular complexity index is 782. The predicted molar refractivity (Wildman–Crippen MR) is 193 cm³/mol. The summed E-state index contributed by atoms with van der Waals surface area (Å²) in [6.45, 7) is 4.89. The molecule has 0 rings (SSSR count). The Kier molecular flexibility index (Phi) is 32.6. The van der Waals surface area contributed by atoms with Gasteiger partial charge in [-0.1, -0.05) is 122 Å². The summed E-state index contributed by atoms with van der Waals surface area (Å²) in [5.41, 5.74) is 5.47. The average molecular weight is 649 g/mol. The van der Waals surface area contributed by atoms with Gasteiger partial charge in [0.05, 0.1) is 0 Å². The highest BCUT2D eigenvalue weighted by atomic mass is 16.5. The first-order valence-corrected chi connectivity index (χ1v) is 19.2. The molecule has 7 heteroatoms.